The van der Waals surface area contributed by atoms with Crippen molar-refractivity contribution in [2.45, 2.75) is 39.8 Å². The molecule has 4 heteroatoms. The number of hydrogen-bond acceptors (Lipinski definition) is 2. The predicted octanol–water partition coefficient (Wildman–Crippen LogP) is 1.39. The van der Waals surface area contributed by atoms with Crippen LogP contribution in [-0.4, -0.2) is 17.3 Å². The maximum Gasteiger partial charge on any atom is 0.276 e. The molecule has 0 aliphatic carbocycles. The number of thiol groups is 1. The summed E-state index contributed by atoms with van der Waals surface area (Å²) >= 11 is 3.49. The molecule has 0 heterocycles. The van der Waals surface area contributed by atoms with E-state index in [2.05, 4.69) is 17.9 Å². The van der Waals surface area contributed by atoms with Crippen molar-refractivity contribution >= 4 is 17.9 Å². The van der Waals surface area contributed by atoms with Gasteiger partial charge in [-0.3, -0.25) is 4.79 Å². The van der Waals surface area contributed by atoms with Gasteiger partial charge in [0, 0.05) is 6.04 Å². The van der Waals surface area contributed by atoms with Gasteiger partial charge in [0.05, 0.1) is 0 Å². The monoisotopic (exact) mass is 178 g/mol. The fraction of sp³-hybridized carbons (Fsp3) is 0.857. The first-order valence-corrected chi connectivity index (χ1v) is 4.06. The summed E-state index contributed by atoms with van der Waals surface area (Å²) in [5, 5.41) is 2.26. The van der Waals surface area contributed by atoms with Crippen LogP contribution in [0.4, 0.5) is 4.79 Å². The lowest BCUT2D eigenvalue weighted by atomic mass is 10.4. The molecule has 0 aliphatic rings. The van der Waals surface area contributed by atoms with Crippen molar-refractivity contribution in [3.8, 4) is 0 Å². The van der Waals surface area contributed by atoms with Gasteiger partial charge in [-0.1, -0.05) is 26.5 Å². The minimum atomic E-state index is -0.269. The molecule has 0 saturated carbocycles. The van der Waals surface area contributed by atoms with Gasteiger partial charge in [0.2, 0.25) is 0 Å². The van der Waals surface area contributed by atoms with Crippen molar-refractivity contribution in [2.75, 3.05) is 0 Å². The number of hydrogen-bond donors (Lipinski definition) is 3. The second-order valence-electron chi connectivity index (χ2n) is 2.85. The predicted molar refractivity (Wildman–Crippen MR) is 52.0 cm³/mol. The number of carbonyl (C=O) groups excluding carboxylic acids is 1. The van der Waals surface area contributed by atoms with Crippen molar-refractivity contribution < 1.29 is 4.79 Å². The standard InChI is InChI=1S/C4H9NOS.C3H9N/c1-3(2)5-4(6)7;1-3(2)4/h3H,1-2H3,(H2,5,6,7);3H,4H2,1-2H3. The van der Waals surface area contributed by atoms with Crippen LogP contribution in [0.15, 0.2) is 0 Å². The zero-order valence-electron chi connectivity index (χ0n) is 7.59. The summed E-state index contributed by atoms with van der Waals surface area (Å²) in [6, 6.07) is 0.532. The van der Waals surface area contributed by atoms with Crippen molar-refractivity contribution in [2.24, 2.45) is 5.73 Å². The molecule has 0 spiro atoms. The Balaban J connectivity index is 0. The fourth-order valence-corrected chi connectivity index (χ4v) is 0.505. The zero-order valence-corrected chi connectivity index (χ0v) is 8.48. The van der Waals surface area contributed by atoms with Crippen LogP contribution in [0.25, 0.3) is 0 Å². The highest BCUT2D eigenvalue weighted by atomic mass is 32.1. The summed E-state index contributed by atoms with van der Waals surface area (Å²) in [4.78, 5) is 10.0. The quantitative estimate of drug-likeness (QED) is 0.531. The van der Waals surface area contributed by atoms with Gasteiger partial charge in [0.15, 0.2) is 0 Å². The van der Waals surface area contributed by atoms with E-state index in [1.165, 1.54) is 0 Å². The van der Waals surface area contributed by atoms with E-state index in [1.54, 1.807) is 0 Å². The molecule has 0 unspecified atom stereocenters. The molecule has 0 aromatic carbocycles. The highest BCUT2D eigenvalue weighted by Gasteiger charge is 1.92. The number of nitrogens with one attached hydrogen (secondary N) is 1. The van der Waals surface area contributed by atoms with Crippen molar-refractivity contribution in [1.82, 2.24) is 5.32 Å². The lowest BCUT2D eigenvalue weighted by Gasteiger charge is -2.01. The Hall–Kier alpha value is -0.220. The maximum absolute atomic E-state index is 10.0. The molecule has 0 fully saturated rings. The van der Waals surface area contributed by atoms with E-state index in [4.69, 9.17) is 5.73 Å². The van der Waals surface area contributed by atoms with Gasteiger partial charge in [-0.05, 0) is 19.9 Å². The third kappa shape index (κ3) is 41.4. The SMILES string of the molecule is CC(C)N.CC(C)NC(=O)S. The van der Waals surface area contributed by atoms with Gasteiger partial charge in [0.1, 0.15) is 0 Å². The topological polar surface area (TPSA) is 55.1 Å². The summed E-state index contributed by atoms with van der Waals surface area (Å²) in [6.07, 6.45) is 0. The zero-order chi connectivity index (χ0) is 9.44. The molecule has 0 saturated heterocycles. The Kier molecular flexibility index (Phi) is 9.58. The molecule has 11 heavy (non-hydrogen) atoms. The van der Waals surface area contributed by atoms with Gasteiger partial charge in [-0.25, -0.2) is 0 Å². The van der Waals surface area contributed by atoms with Crippen LogP contribution >= 0.6 is 12.6 Å². The van der Waals surface area contributed by atoms with Crippen molar-refractivity contribution in [1.29, 1.82) is 0 Å². The van der Waals surface area contributed by atoms with Crippen molar-refractivity contribution in [3.05, 3.63) is 0 Å². The molecule has 0 bridgehead atoms. The Morgan fingerprint density at radius 1 is 1.36 bits per heavy atom. The van der Waals surface area contributed by atoms with E-state index in [0.717, 1.165) is 0 Å². The fourth-order valence-electron chi connectivity index (χ4n) is 0.247. The number of rotatable bonds is 1. The Bertz CT molecular complexity index is 102. The van der Waals surface area contributed by atoms with E-state index in [9.17, 15) is 4.79 Å². The van der Waals surface area contributed by atoms with Gasteiger partial charge in [-0.15, -0.1) is 0 Å². The molecule has 1 amide bonds. The molecule has 0 aromatic rings. The Morgan fingerprint density at radius 2 is 1.64 bits per heavy atom. The second kappa shape index (κ2) is 7.88. The summed E-state index contributed by atoms with van der Waals surface area (Å²) in [7, 11) is 0. The van der Waals surface area contributed by atoms with Gasteiger partial charge < -0.3 is 11.1 Å². The normalized spacial score (nSPS) is 9.09. The van der Waals surface area contributed by atoms with Crippen molar-refractivity contribution in [3.63, 3.8) is 0 Å². The molecule has 3 nitrogen and oxygen atoms in total. The third-order valence-corrected chi connectivity index (χ3v) is 0.541. The summed E-state index contributed by atoms with van der Waals surface area (Å²) in [5.74, 6) is 0. The van der Waals surface area contributed by atoms with Crippen LogP contribution in [-0.2, 0) is 0 Å². The molecular formula is C7H18N2OS. The summed E-state index contributed by atoms with van der Waals surface area (Å²) < 4.78 is 0. The van der Waals surface area contributed by atoms with E-state index < -0.39 is 0 Å². The molecule has 0 atom stereocenters. The molecule has 0 aliphatic heterocycles. The van der Waals surface area contributed by atoms with Crippen LogP contribution in [0.5, 0.6) is 0 Å². The van der Waals surface area contributed by atoms with E-state index in [1.807, 2.05) is 27.7 Å². The third-order valence-electron chi connectivity index (χ3n) is 0.412. The molecule has 0 radical (unpaired) electrons. The average molecular weight is 178 g/mol. The van der Waals surface area contributed by atoms with Gasteiger partial charge >= 0.3 is 0 Å². The first-order chi connectivity index (χ1) is 4.86. The first-order valence-electron chi connectivity index (χ1n) is 3.61. The highest BCUT2D eigenvalue weighted by Crippen LogP contribution is 1.80. The smallest absolute Gasteiger partial charge is 0.276 e. The number of carbonyl (C=O) groups is 1. The van der Waals surface area contributed by atoms with E-state index in [0.29, 0.717) is 6.04 Å². The van der Waals surface area contributed by atoms with Gasteiger partial charge in [0.25, 0.3) is 5.24 Å². The van der Waals surface area contributed by atoms with Crippen LogP contribution in [0.2, 0.25) is 0 Å². The molecule has 0 aromatic heterocycles. The average Bonchev–Trinajstić information content (AvgIpc) is 1.56. The lowest BCUT2D eigenvalue weighted by Crippen LogP contribution is -2.24. The number of nitrogens with two attached hydrogens (primary N) is 1. The maximum atomic E-state index is 10.0. The van der Waals surface area contributed by atoms with Crippen LogP contribution in [0.3, 0.4) is 0 Å². The Labute approximate surface area is 74.1 Å². The minimum Gasteiger partial charge on any atom is -0.345 e. The lowest BCUT2D eigenvalue weighted by molar-refractivity contribution is 0.259. The largest absolute Gasteiger partial charge is 0.345 e. The van der Waals surface area contributed by atoms with Gasteiger partial charge in [-0.2, -0.15) is 0 Å². The van der Waals surface area contributed by atoms with Crippen LogP contribution in [0.1, 0.15) is 27.7 Å². The second-order valence-corrected chi connectivity index (χ2v) is 3.25. The summed E-state index contributed by atoms with van der Waals surface area (Å²) in [5.41, 5.74) is 5.11. The first kappa shape index (κ1) is 13.4. The number of amides is 1. The summed E-state index contributed by atoms with van der Waals surface area (Å²) in [6.45, 7) is 7.65. The van der Waals surface area contributed by atoms with E-state index in [-0.39, 0.29) is 11.3 Å². The molecule has 68 valence electrons. The molecule has 3 N–H and O–H groups in total. The Morgan fingerprint density at radius 3 is 1.64 bits per heavy atom. The molecule has 0 rings (SSSR count). The highest BCUT2D eigenvalue weighted by molar-refractivity contribution is 7.96. The van der Waals surface area contributed by atoms with Crippen LogP contribution < -0.4 is 11.1 Å². The molecular weight excluding hydrogens is 160 g/mol. The van der Waals surface area contributed by atoms with Crippen LogP contribution in [0, 0.1) is 0 Å². The minimum absolute atomic E-state index is 0.199. The van der Waals surface area contributed by atoms with E-state index >= 15 is 0 Å².